The normalized spacial score (nSPS) is 15.6. The highest BCUT2D eigenvalue weighted by atomic mass is 16.5. The first kappa shape index (κ1) is 22.5. The number of benzene rings is 2. The number of carbonyl (C=O) groups excluding carboxylic acids is 1. The van der Waals surface area contributed by atoms with Gasteiger partial charge in [0.15, 0.2) is 17.5 Å². The maximum Gasteiger partial charge on any atom is 0.241 e. The van der Waals surface area contributed by atoms with Crippen molar-refractivity contribution in [3.05, 3.63) is 59.2 Å². The lowest BCUT2D eigenvalue weighted by atomic mass is 9.88. The zero-order valence-electron chi connectivity index (χ0n) is 18.8. The Hall–Kier alpha value is -3.22. The van der Waals surface area contributed by atoms with Gasteiger partial charge in [-0.2, -0.15) is 0 Å². The van der Waals surface area contributed by atoms with Gasteiger partial charge < -0.3 is 25.0 Å². The highest BCUT2D eigenvalue weighted by molar-refractivity contribution is 5.86. The maximum absolute atomic E-state index is 12.1. The smallest absolute Gasteiger partial charge is 0.241 e. The van der Waals surface area contributed by atoms with Crippen LogP contribution in [0.2, 0.25) is 0 Å². The summed E-state index contributed by atoms with van der Waals surface area (Å²) in [5.74, 6) is 1.98. The van der Waals surface area contributed by atoms with Crippen LogP contribution in [0.25, 0.3) is 0 Å². The van der Waals surface area contributed by atoms with Gasteiger partial charge in [-0.1, -0.05) is 30.3 Å². The number of rotatable bonds is 7. The molecule has 1 amide bonds. The number of carbonyl (C=O) groups is 1. The van der Waals surface area contributed by atoms with Gasteiger partial charge in [0.05, 0.1) is 27.3 Å². The number of likely N-dealkylation sites (N-methyl/N-ethyl adjacent to an activating group) is 1. The van der Waals surface area contributed by atoms with Crippen LogP contribution in [-0.2, 0) is 24.2 Å². The van der Waals surface area contributed by atoms with E-state index < -0.39 is 0 Å². The molecule has 31 heavy (non-hydrogen) atoms. The second-order valence-corrected chi connectivity index (χ2v) is 7.85. The predicted molar refractivity (Wildman–Crippen MR) is 123 cm³/mol. The molecule has 1 aliphatic rings. The molecule has 1 atom stereocenters. The van der Waals surface area contributed by atoms with Crippen LogP contribution in [0.15, 0.2) is 47.5 Å². The summed E-state index contributed by atoms with van der Waals surface area (Å²) in [5.41, 5.74) is 3.78. The summed E-state index contributed by atoms with van der Waals surface area (Å²) >= 11 is 0. The largest absolute Gasteiger partial charge is 0.493 e. The third kappa shape index (κ3) is 6.13. The Morgan fingerprint density at radius 3 is 2.55 bits per heavy atom. The van der Waals surface area contributed by atoms with Crippen molar-refractivity contribution in [2.75, 3.05) is 34.9 Å². The van der Waals surface area contributed by atoms with E-state index in [-0.39, 0.29) is 18.5 Å². The van der Waals surface area contributed by atoms with E-state index in [1.165, 1.54) is 11.1 Å². The molecule has 0 bridgehead atoms. The molecule has 0 saturated carbocycles. The Morgan fingerprint density at radius 2 is 1.84 bits per heavy atom. The number of hydrogen-bond acceptors (Lipinski definition) is 4. The zero-order chi connectivity index (χ0) is 22.2. The summed E-state index contributed by atoms with van der Waals surface area (Å²) in [7, 11) is 6.73. The quantitative estimate of drug-likeness (QED) is 0.527. The highest BCUT2D eigenvalue weighted by Gasteiger charge is 2.19. The molecule has 2 aromatic rings. The van der Waals surface area contributed by atoms with Gasteiger partial charge in [0.25, 0.3) is 0 Å². The van der Waals surface area contributed by atoms with Crippen LogP contribution < -0.4 is 20.1 Å². The van der Waals surface area contributed by atoms with Crippen LogP contribution in [-0.4, -0.2) is 57.7 Å². The number of aryl methyl sites for hydroxylation is 1. The number of aliphatic imine (C=N–C) groups is 1. The Kier molecular flexibility index (Phi) is 7.76. The van der Waals surface area contributed by atoms with Crippen LogP contribution in [0.3, 0.4) is 0 Å². The molecule has 2 N–H and O–H groups in total. The molecule has 1 unspecified atom stereocenters. The van der Waals surface area contributed by atoms with Crippen molar-refractivity contribution >= 4 is 11.9 Å². The van der Waals surface area contributed by atoms with Crippen LogP contribution in [0.4, 0.5) is 0 Å². The second-order valence-electron chi connectivity index (χ2n) is 7.85. The average Bonchev–Trinajstić information content (AvgIpc) is 2.80. The van der Waals surface area contributed by atoms with Gasteiger partial charge in [-0.05, 0) is 48.1 Å². The van der Waals surface area contributed by atoms with Gasteiger partial charge in [-0.25, -0.2) is 4.99 Å². The SMILES string of the molecule is COc1ccc(CN=C(NCC(=O)N(C)C)NC2CCc3ccccc3C2)cc1OC. The average molecular weight is 425 g/mol. The lowest BCUT2D eigenvalue weighted by Gasteiger charge is -2.27. The van der Waals surface area contributed by atoms with Crippen molar-refractivity contribution < 1.29 is 14.3 Å². The summed E-state index contributed by atoms with van der Waals surface area (Å²) < 4.78 is 10.7. The van der Waals surface area contributed by atoms with E-state index in [1.54, 1.807) is 33.2 Å². The van der Waals surface area contributed by atoms with E-state index in [2.05, 4.69) is 34.9 Å². The van der Waals surface area contributed by atoms with Crippen molar-refractivity contribution in [2.45, 2.75) is 31.8 Å². The van der Waals surface area contributed by atoms with E-state index in [0.29, 0.717) is 24.0 Å². The van der Waals surface area contributed by atoms with Gasteiger partial charge in [-0.3, -0.25) is 4.79 Å². The predicted octanol–water partition coefficient (Wildman–Crippen LogP) is 2.38. The zero-order valence-corrected chi connectivity index (χ0v) is 18.8. The summed E-state index contributed by atoms with van der Waals surface area (Å²) in [4.78, 5) is 18.4. The van der Waals surface area contributed by atoms with Gasteiger partial charge in [-0.15, -0.1) is 0 Å². The second kappa shape index (κ2) is 10.7. The molecular formula is C24H32N4O3. The first-order valence-electron chi connectivity index (χ1n) is 10.5. The lowest BCUT2D eigenvalue weighted by molar-refractivity contribution is -0.127. The van der Waals surface area contributed by atoms with Crippen molar-refractivity contribution in [3.8, 4) is 11.5 Å². The Balaban J connectivity index is 1.72. The van der Waals surface area contributed by atoms with E-state index in [4.69, 9.17) is 14.5 Å². The first-order valence-corrected chi connectivity index (χ1v) is 10.5. The molecule has 0 saturated heterocycles. The van der Waals surface area contributed by atoms with E-state index in [0.717, 1.165) is 24.8 Å². The van der Waals surface area contributed by atoms with Crippen LogP contribution in [0.5, 0.6) is 11.5 Å². The number of fused-ring (bicyclic) bond motifs is 1. The fourth-order valence-corrected chi connectivity index (χ4v) is 3.63. The van der Waals surface area contributed by atoms with Gasteiger partial charge in [0.2, 0.25) is 5.91 Å². The maximum atomic E-state index is 12.1. The molecule has 0 aliphatic heterocycles. The molecule has 166 valence electrons. The third-order valence-corrected chi connectivity index (χ3v) is 5.46. The lowest BCUT2D eigenvalue weighted by Crippen LogP contribution is -2.48. The molecule has 1 aliphatic carbocycles. The molecule has 7 heteroatoms. The van der Waals surface area contributed by atoms with Crippen LogP contribution >= 0.6 is 0 Å². The van der Waals surface area contributed by atoms with E-state index >= 15 is 0 Å². The Labute approximate surface area is 184 Å². The summed E-state index contributed by atoms with van der Waals surface area (Å²) in [5, 5.41) is 6.71. The van der Waals surface area contributed by atoms with E-state index in [9.17, 15) is 4.79 Å². The molecule has 0 heterocycles. The van der Waals surface area contributed by atoms with Crippen molar-refractivity contribution in [2.24, 2.45) is 4.99 Å². The van der Waals surface area contributed by atoms with Crippen LogP contribution in [0, 0.1) is 0 Å². The molecule has 7 nitrogen and oxygen atoms in total. The molecule has 3 rings (SSSR count). The Bertz CT molecular complexity index is 927. The topological polar surface area (TPSA) is 75.2 Å². The fraction of sp³-hybridized carbons (Fsp3) is 0.417. The molecule has 0 aromatic heterocycles. The van der Waals surface area contributed by atoms with Crippen molar-refractivity contribution in [1.29, 1.82) is 0 Å². The number of amides is 1. The number of guanidine groups is 1. The molecule has 0 spiro atoms. The first-order chi connectivity index (χ1) is 15.0. The van der Waals surface area contributed by atoms with Crippen molar-refractivity contribution in [1.82, 2.24) is 15.5 Å². The minimum atomic E-state index is -0.00499. The van der Waals surface area contributed by atoms with Gasteiger partial charge in [0, 0.05) is 20.1 Å². The molecule has 0 fully saturated rings. The molecule has 2 aromatic carbocycles. The van der Waals surface area contributed by atoms with Crippen molar-refractivity contribution in [3.63, 3.8) is 0 Å². The highest BCUT2D eigenvalue weighted by Crippen LogP contribution is 2.27. The summed E-state index contributed by atoms with van der Waals surface area (Å²) in [6.07, 6.45) is 3.00. The number of methoxy groups -OCH3 is 2. The monoisotopic (exact) mass is 424 g/mol. The van der Waals surface area contributed by atoms with Gasteiger partial charge >= 0.3 is 0 Å². The minimum Gasteiger partial charge on any atom is -0.493 e. The van der Waals surface area contributed by atoms with Gasteiger partial charge in [0.1, 0.15) is 0 Å². The fourth-order valence-electron chi connectivity index (χ4n) is 3.63. The standard InChI is InChI=1S/C24H32N4O3/c1-28(2)23(29)16-26-24(25-15-17-9-12-21(30-3)22(13-17)31-4)27-20-11-10-18-7-5-6-8-19(18)14-20/h5-9,12-13,20H,10-11,14-16H2,1-4H3,(H2,25,26,27). The Morgan fingerprint density at radius 1 is 1.10 bits per heavy atom. The molecular weight excluding hydrogens is 392 g/mol. The summed E-state index contributed by atoms with van der Waals surface area (Å²) in [6.45, 7) is 0.642. The van der Waals surface area contributed by atoms with Crippen LogP contribution in [0.1, 0.15) is 23.1 Å². The number of nitrogens with one attached hydrogen (secondary N) is 2. The number of ether oxygens (including phenoxy) is 2. The number of hydrogen-bond donors (Lipinski definition) is 2. The summed E-state index contributed by atoms with van der Waals surface area (Å²) in [6, 6.07) is 14.6. The number of nitrogens with zero attached hydrogens (tertiary/aromatic N) is 2. The third-order valence-electron chi connectivity index (χ3n) is 5.46. The minimum absolute atomic E-state index is 0.00499. The molecule has 0 radical (unpaired) electrons. The van der Waals surface area contributed by atoms with E-state index in [1.807, 2.05) is 18.2 Å².